The molecule has 46 heavy (non-hydrogen) atoms. The molecule has 1 aliphatic heterocycles. The van der Waals surface area contributed by atoms with Gasteiger partial charge in [-0.25, -0.2) is 0 Å². The number of nitrogens with zero attached hydrogens (tertiary/aromatic N) is 4. The average molecular weight is 636 g/mol. The fourth-order valence-electron chi connectivity index (χ4n) is 5.12. The molecule has 2 aromatic rings. The molecule has 1 heterocycles. The third-order valence-electron chi connectivity index (χ3n) is 7.42. The van der Waals surface area contributed by atoms with Gasteiger partial charge in [0.25, 0.3) is 5.91 Å². The summed E-state index contributed by atoms with van der Waals surface area (Å²) in [6, 6.07) is 12.7. The van der Waals surface area contributed by atoms with Gasteiger partial charge in [-0.05, 0) is 67.5 Å². The molecule has 3 amide bonds. The molecule has 0 unspecified atom stereocenters. The Labute approximate surface area is 268 Å². The Bertz CT molecular complexity index is 1430. The van der Waals surface area contributed by atoms with E-state index in [-0.39, 0.29) is 55.7 Å². The molecule has 10 N–H and O–H groups in total. The number of carbonyl (C=O) groups is 4. The van der Waals surface area contributed by atoms with Gasteiger partial charge in [0, 0.05) is 31.7 Å². The van der Waals surface area contributed by atoms with Crippen molar-refractivity contribution in [1.29, 1.82) is 0 Å². The number of benzene rings is 2. The molecule has 0 spiro atoms. The summed E-state index contributed by atoms with van der Waals surface area (Å²) >= 11 is 0. The number of hydrogen-bond acceptors (Lipinski definition) is 6. The zero-order valence-corrected chi connectivity index (χ0v) is 26.1. The number of unbranched alkanes of at least 4 members (excludes halogenated alkanes) is 4. The highest BCUT2D eigenvalue weighted by molar-refractivity contribution is 6.09. The summed E-state index contributed by atoms with van der Waals surface area (Å²) in [5, 5.41) is 12.1. The van der Waals surface area contributed by atoms with Crippen LogP contribution in [0, 0.1) is 0 Å². The van der Waals surface area contributed by atoms with E-state index in [4.69, 9.17) is 22.9 Å². The topological polar surface area (TPSA) is 236 Å². The summed E-state index contributed by atoms with van der Waals surface area (Å²) in [5.41, 5.74) is 24.5. The second-order valence-electron chi connectivity index (χ2n) is 11.2. The Balaban J connectivity index is 1.73. The molecule has 0 saturated heterocycles. The van der Waals surface area contributed by atoms with Crippen LogP contribution in [0.1, 0.15) is 72.9 Å². The van der Waals surface area contributed by atoms with E-state index in [2.05, 4.69) is 15.3 Å². The smallest absolute Gasteiger partial charge is 0.305 e. The summed E-state index contributed by atoms with van der Waals surface area (Å²) in [4.78, 5) is 61.8. The van der Waals surface area contributed by atoms with Gasteiger partial charge in [0.05, 0.1) is 24.2 Å². The normalized spacial score (nSPS) is 12.7. The number of nitrogens with one attached hydrogen (secondary N) is 1. The molecule has 0 aromatic heterocycles. The summed E-state index contributed by atoms with van der Waals surface area (Å²) in [5.74, 6) is -1.78. The van der Waals surface area contributed by atoms with E-state index >= 15 is 0 Å². The number of rotatable bonds is 18. The number of carboxylic acid groups (broad SMARTS) is 1. The lowest BCUT2D eigenvalue weighted by Crippen LogP contribution is -2.40. The highest BCUT2D eigenvalue weighted by Crippen LogP contribution is 2.30. The number of carbonyl (C=O) groups excluding carboxylic acids is 3. The van der Waals surface area contributed by atoms with Gasteiger partial charge >= 0.3 is 5.97 Å². The van der Waals surface area contributed by atoms with Crippen LogP contribution in [0.4, 0.5) is 11.4 Å². The van der Waals surface area contributed by atoms with Crippen molar-refractivity contribution in [3.8, 4) is 0 Å². The molecule has 0 saturated carbocycles. The van der Waals surface area contributed by atoms with Crippen LogP contribution in [-0.4, -0.2) is 71.8 Å². The molecule has 248 valence electrons. The lowest BCUT2D eigenvalue weighted by Gasteiger charge is -2.23. The first-order valence-electron chi connectivity index (χ1n) is 15.5. The number of guanidine groups is 2. The number of aliphatic imine (C=N–C) groups is 2. The third-order valence-corrected chi connectivity index (χ3v) is 7.42. The van der Waals surface area contributed by atoms with Gasteiger partial charge in [-0.2, -0.15) is 0 Å². The first-order chi connectivity index (χ1) is 22.0. The monoisotopic (exact) mass is 635 g/mol. The van der Waals surface area contributed by atoms with E-state index in [1.54, 1.807) is 35.2 Å². The number of aliphatic carboxylic acids is 1. The average Bonchev–Trinajstić information content (AvgIpc) is 3.09. The van der Waals surface area contributed by atoms with Crippen molar-refractivity contribution in [2.45, 2.75) is 64.3 Å². The third kappa shape index (κ3) is 11.7. The lowest BCUT2D eigenvalue weighted by molar-refractivity contribution is -0.137. The molecule has 14 nitrogen and oxygen atoms in total. The minimum atomic E-state index is -1.05. The number of amides is 3. The van der Waals surface area contributed by atoms with Crippen LogP contribution in [0.2, 0.25) is 0 Å². The van der Waals surface area contributed by atoms with Gasteiger partial charge in [-0.15, -0.1) is 0 Å². The second-order valence-corrected chi connectivity index (χ2v) is 11.2. The maximum absolute atomic E-state index is 13.6. The highest BCUT2D eigenvalue weighted by atomic mass is 16.4. The van der Waals surface area contributed by atoms with Gasteiger partial charge in [0.15, 0.2) is 11.9 Å². The number of nitrogens with two attached hydrogens (primary N) is 4. The predicted molar refractivity (Wildman–Crippen MR) is 178 cm³/mol. The summed E-state index contributed by atoms with van der Waals surface area (Å²) in [6.45, 7) is 0.896. The Kier molecular flexibility index (Phi) is 13.8. The zero-order valence-electron chi connectivity index (χ0n) is 26.1. The number of fused-ring (bicyclic) bond motifs is 1. The van der Waals surface area contributed by atoms with E-state index in [1.165, 1.54) is 4.90 Å². The molecule has 0 bridgehead atoms. The van der Waals surface area contributed by atoms with Crippen molar-refractivity contribution in [2.24, 2.45) is 32.9 Å². The van der Waals surface area contributed by atoms with Crippen LogP contribution >= 0.6 is 0 Å². The fraction of sp³-hybridized carbons (Fsp3) is 0.438. The second kappa shape index (κ2) is 18.0. The molecule has 3 rings (SSSR count). The quantitative estimate of drug-likeness (QED) is 0.0796. The largest absolute Gasteiger partial charge is 0.481 e. The molecule has 0 atom stereocenters. The summed E-state index contributed by atoms with van der Waals surface area (Å²) < 4.78 is 0. The molecule has 0 radical (unpaired) electrons. The van der Waals surface area contributed by atoms with E-state index < -0.39 is 5.97 Å². The van der Waals surface area contributed by atoms with E-state index in [1.807, 2.05) is 12.1 Å². The molecular formula is C32H45N9O5. The lowest BCUT2D eigenvalue weighted by atomic mass is 10.0. The molecule has 0 fully saturated rings. The maximum Gasteiger partial charge on any atom is 0.305 e. The Morgan fingerprint density at radius 3 is 2.20 bits per heavy atom. The fourth-order valence-corrected chi connectivity index (χ4v) is 5.12. The van der Waals surface area contributed by atoms with Crippen molar-refractivity contribution < 1.29 is 24.3 Å². The summed E-state index contributed by atoms with van der Waals surface area (Å²) in [7, 11) is 0. The predicted octanol–water partition coefficient (Wildman–Crippen LogP) is 1.91. The zero-order chi connectivity index (χ0) is 33.5. The Morgan fingerprint density at radius 1 is 0.826 bits per heavy atom. The number of aryl methyl sites for hydroxylation is 1. The first kappa shape index (κ1) is 35.3. The van der Waals surface area contributed by atoms with Gasteiger partial charge in [0.1, 0.15) is 6.54 Å². The van der Waals surface area contributed by atoms with Gasteiger partial charge in [0.2, 0.25) is 11.8 Å². The van der Waals surface area contributed by atoms with E-state index in [9.17, 15) is 24.3 Å². The standard InChI is InChI=1S/C32H45N9O5/c33-31(34)37-15-5-1-3-8-22-12-13-26-25(19-22)30(46)40(17-14-29(44)45)21-28(43)41(26)20-23-9-7-10-24(18-23)39-27(42)11-4-2-6-16-38-32(35)36/h7,9-10,12-13,18-19H,1-6,8,11,14-17,20-21H2,(H,39,42)(H,44,45)(H4,33,34,37)(H4,35,36,38). The van der Waals surface area contributed by atoms with E-state index in [0.29, 0.717) is 49.3 Å². The maximum atomic E-state index is 13.6. The van der Waals surface area contributed by atoms with Crippen molar-refractivity contribution in [3.63, 3.8) is 0 Å². The van der Waals surface area contributed by atoms with Crippen LogP contribution in [-0.2, 0) is 27.3 Å². The molecular weight excluding hydrogens is 590 g/mol. The molecule has 0 aliphatic carbocycles. The Morgan fingerprint density at radius 2 is 1.52 bits per heavy atom. The minimum absolute atomic E-state index is 0.0540. The SMILES string of the molecule is NC(N)=NCCCCCC(=O)Nc1cccc(CN2C(=O)CN(CCC(=O)O)C(=O)c3cc(CCCCCN=C(N)N)ccc32)c1. The first-order valence-corrected chi connectivity index (χ1v) is 15.5. The minimum Gasteiger partial charge on any atom is -0.481 e. The van der Waals surface area contributed by atoms with Gasteiger partial charge in [-0.3, -0.25) is 29.2 Å². The molecule has 1 aliphatic rings. The van der Waals surface area contributed by atoms with Gasteiger partial charge < -0.3 is 43.2 Å². The summed E-state index contributed by atoms with van der Waals surface area (Å²) in [6.07, 6.45) is 5.64. The van der Waals surface area contributed by atoms with Crippen LogP contribution in [0.3, 0.4) is 0 Å². The van der Waals surface area contributed by atoms with Crippen LogP contribution in [0.25, 0.3) is 0 Å². The molecule has 14 heteroatoms. The number of carboxylic acids is 1. The van der Waals surface area contributed by atoms with Crippen LogP contribution in [0.15, 0.2) is 52.4 Å². The highest BCUT2D eigenvalue weighted by Gasteiger charge is 2.32. The van der Waals surface area contributed by atoms with Crippen molar-refractivity contribution in [2.75, 3.05) is 36.4 Å². The van der Waals surface area contributed by atoms with Crippen LogP contribution in [0.5, 0.6) is 0 Å². The van der Waals surface area contributed by atoms with Gasteiger partial charge in [-0.1, -0.05) is 31.0 Å². The van der Waals surface area contributed by atoms with Crippen molar-refractivity contribution in [3.05, 3.63) is 59.2 Å². The van der Waals surface area contributed by atoms with Crippen molar-refractivity contribution >= 4 is 47.0 Å². The van der Waals surface area contributed by atoms with Crippen LogP contribution < -0.4 is 33.2 Å². The van der Waals surface area contributed by atoms with Crippen molar-refractivity contribution in [1.82, 2.24) is 4.90 Å². The molecule has 2 aromatic carbocycles. The number of hydrogen-bond donors (Lipinski definition) is 6. The number of anilines is 2. The Hall–Kier alpha value is -5.14. The van der Waals surface area contributed by atoms with E-state index in [0.717, 1.165) is 43.2 Å².